The first-order valence-electron chi connectivity index (χ1n) is 4.78. The fraction of sp³-hybridized carbons (Fsp3) is 0.500. The van der Waals surface area contributed by atoms with Gasteiger partial charge in [0.05, 0.1) is 13.0 Å². The average Bonchev–Trinajstić information content (AvgIpc) is 2.16. The second-order valence-electron chi connectivity index (χ2n) is 3.33. The van der Waals surface area contributed by atoms with Gasteiger partial charge >= 0.3 is 6.18 Å². The SMILES string of the molecule is Cc1ccc(CN)c(OCCC(F)(F)F)n1. The minimum absolute atomic E-state index is 0.187. The second-order valence-corrected chi connectivity index (χ2v) is 3.33. The molecule has 0 radical (unpaired) electrons. The highest BCUT2D eigenvalue weighted by atomic mass is 19.4. The molecule has 6 heteroatoms. The molecule has 0 amide bonds. The van der Waals surface area contributed by atoms with Gasteiger partial charge in [-0.3, -0.25) is 0 Å². The Balaban J connectivity index is 2.62. The fourth-order valence-corrected chi connectivity index (χ4v) is 1.11. The van der Waals surface area contributed by atoms with Crippen molar-refractivity contribution in [1.82, 2.24) is 4.98 Å². The molecule has 0 unspecified atom stereocenters. The number of aromatic nitrogens is 1. The highest BCUT2D eigenvalue weighted by molar-refractivity contribution is 5.27. The fourth-order valence-electron chi connectivity index (χ4n) is 1.11. The van der Waals surface area contributed by atoms with Gasteiger partial charge in [0.2, 0.25) is 5.88 Å². The molecule has 16 heavy (non-hydrogen) atoms. The van der Waals surface area contributed by atoms with Crippen molar-refractivity contribution in [2.24, 2.45) is 5.73 Å². The highest BCUT2D eigenvalue weighted by Crippen LogP contribution is 2.21. The maximum absolute atomic E-state index is 11.9. The molecule has 0 aromatic carbocycles. The molecular weight excluding hydrogens is 221 g/mol. The average molecular weight is 234 g/mol. The van der Waals surface area contributed by atoms with E-state index in [0.717, 1.165) is 0 Å². The Kier molecular flexibility index (Phi) is 4.12. The number of rotatable bonds is 4. The predicted molar refractivity (Wildman–Crippen MR) is 53.0 cm³/mol. The lowest BCUT2D eigenvalue weighted by Gasteiger charge is -2.11. The Morgan fingerprint density at radius 1 is 1.38 bits per heavy atom. The summed E-state index contributed by atoms with van der Waals surface area (Å²) in [6.07, 6.45) is -5.21. The van der Waals surface area contributed by atoms with Crippen molar-refractivity contribution >= 4 is 0 Å². The third-order valence-corrected chi connectivity index (χ3v) is 1.92. The largest absolute Gasteiger partial charge is 0.477 e. The number of alkyl halides is 3. The molecule has 0 bridgehead atoms. The highest BCUT2D eigenvalue weighted by Gasteiger charge is 2.27. The molecule has 0 aliphatic rings. The van der Waals surface area contributed by atoms with Crippen LogP contribution in [-0.2, 0) is 6.54 Å². The zero-order valence-electron chi connectivity index (χ0n) is 8.84. The van der Waals surface area contributed by atoms with Crippen LogP contribution in [0.15, 0.2) is 12.1 Å². The molecule has 0 aliphatic carbocycles. The lowest BCUT2D eigenvalue weighted by molar-refractivity contribution is -0.139. The van der Waals surface area contributed by atoms with Crippen molar-refractivity contribution in [3.05, 3.63) is 23.4 Å². The summed E-state index contributed by atoms with van der Waals surface area (Å²) in [5, 5.41) is 0. The van der Waals surface area contributed by atoms with Gasteiger partial charge in [-0.15, -0.1) is 0 Å². The van der Waals surface area contributed by atoms with Crippen LogP contribution in [0.3, 0.4) is 0 Å². The first-order valence-corrected chi connectivity index (χ1v) is 4.78. The van der Waals surface area contributed by atoms with Crippen molar-refractivity contribution < 1.29 is 17.9 Å². The Labute approximate surface area is 91.4 Å². The van der Waals surface area contributed by atoms with Gasteiger partial charge in [-0.05, 0) is 13.0 Å². The predicted octanol–water partition coefficient (Wildman–Crippen LogP) is 2.18. The summed E-state index contributed by atoms with van der Waals surface area (Å²) < 4.78 is 40.7. The maximum Gasteiger partial charge on any atom is 0.392 e. The van der Waals surface area contributed by atoms with Crippen LogP contribution in [0.25, 0.3) is 0 Å². The number of aryl methyl sites for hydroxylation is 1. The number of nitrogens with zero attached hydrogens (tertiary/aromatic N) is 1. The molecule has 3 nitrogen and oxygen atoms in total. The van der Waals surface area contributed by atoms with Crippen molar-refractivity contribution in [3.63, 3.8) is 0 Å². The molecule has 0 saturated heterocycles. The minimum Gasteiger partial charge on any atom is -0.477 e. The lowest BCUT2D eigenvalue weighted by Crippen LogP contribution is -2.14. The number of ether oxygens (including phenoxy) is 1. The van der Waals surface area contributed by atoms with Gasteiger partial charge in [0.25, 0.3) is 0 Å². The first kappa shape index (κ1) is 12.8. The number of pyridine rings is 1. The molecular formula is C10H13F3N2O. The van der Waals surface area contributed by atoms with Gasteiger partial charge in [-0.2, -0.15) is 13.2 Å². The molecule has 1 aromatic rings. The smallest absolute Gasteiger partial charge is 0.392 e. The third-order valence-electron chi connectivity index (χ3n) is 1.92. The van der Waals surface area contributed by atoms with Crippen molar-refractivity contribution in [1.29, 1.82) is 0 Å². The van der Waals surface area contributed by atoms with E-state index in [1.165, 1.54) is 0 Å². The van der Waals surface area contributed by atoms with Crippen LogP contribution in [-0.4, -0.2) is 17.8 Å². The van der Waals surface area contributed by atoms with E-state index < -0.39 is 19.2 Å². The van der Waals surface area contributed by atoms with Crippen LogP contribution < -0.4 is 10.5 Å². The van der Waals surface area contributed by atoms with E-state index in [1.807, 2.05) is 0 Å². The molecule has 1 rings (SSSR count). The number of nitrogens with two attached hydrogens (primary N) is 1. The molecule has 0 spiro atoms. The first-order chi connectivity index (χ1) is 7.42. The summed E-state index contributed by atoms with van der Waals surface area (Å²) in [5.74, 6) is 0.187. The van der Waals surface area contributed by atoms with Crippen molar-refractivity contribution in [2.75, 3.05) is 6.61 Å². The summed E-state index contributed by atoms with van der Waals surface area (Å²) in [6.45, 7) is 1.48. The Morgan fingerprint density at radius 2 is 2.06 bits per heavy atom. The molecule has 90 valence electrons. The van der Waals surface area contributed by atoms with E-state index in [1.54, 1.807) is 19.1 Å². The van der Waals surface area contributed by atoms with Crippen molar-refractivity contribution in [3.8, 4) is 5.88 Å². The normalized spacial score (nSPS) is 11.6. The zero-order chi connectivity index (χ0) is 12.2. The number of halogens is 3. The van der Waals surface area contributed by atoms with Crippen molar-refractivity contribution in [2.45, 2.75) is 26.1 Å². The van der Waals surface area contributed by atoms with Crippen LogP contribution >= 0.6 is 0 Å². The molecule has 0 fully saturated rings. The van der Waals surface area contributed by atoms with Gasteiger partial charge in [0.15, 0.2) is 0 Å². The molecule has 1 heterocycles. The van der Waals surface area contributed by atoms with Gasteiger partial charge in [0, 0.05) is 17.8 Å². The Hall–Kier alpha value is -1.30. The number of hydrogen-bond donors (Lipinski definition) is 1. The monoisotopic (exact) mass is 234 g/mol. The lowest BCUT2D eigenvalue weighted by atomic mass is 10.2. The Bertz CT molecular complexity index is 352. The van der Waals surface area contributed by atoms with Gasteiger partial charge in [-0.1, -0.05) is 6.07 Å². The summed E-state index contributed by atoms with van der Waals surface area (Å²) in [4.78, 5) is 3.99. The van der Waals surface area contributed by atoms with E-state index in [0.29, 0.717) is 11.3 Å². The Morgan fingerprint density at radius 3 is 2.62 bits per heavy atom. The van der Waals surface area contributed by atoms with E-state index >= 15 is 0 Å². The van der Waals surface area contributed by atoms with Gasteiger partial charge in [-0.25, -0.2) is 4.98 Å². The van der Waals surface area contributed by atoms with E-state index in [2.05, 4.69) is 4.98 Å². The molecule has 1 aromatic heterocycles. The van der Waals surface area contributed by atoms with Crippen LogP contribution in [0.1, 0.15) is 17.7 Å². The summed E-state index contributed by atoms with van der Waals surface area (Å²) in [7, 11) is 0. The maximum atomic E-state index is 11.9. The topological polar surface area (TPSA) is 48.1 Å². The minimum atomic E-state index is -4.22. The third kappa shape index (κ3) is 4.06. The zero-order valence-corrected chi connectivity index (χ0v) is 8.84. The summed E-state index contributed by atoms with van der Waals surface area (Å²) in [5.41, 5.74) is 6.70. The van der Waals surface area contributed by atoms with Crippen LogP contribution in [0.4, 0.5) is 13.2 Å². The van der Waals surface area contributed by atoms with E-state index in [-0.39, 0.29) is 12.4 Å². The van der Waals surface area contributed by atoms with E-state index in [9.17, 15) is 13.2 Å². The second kappa shape index (κ2) is 5.16. The standard InChI is InChI=1S/C10H13F3N2O/c1-7-2-3-8(6-14)9(15-7)16-5-4-10(11,12)13/h2-3H,4-6,14H2,1H3. The molecule has 0 atom stereocenters. The van der Waals surface area contributed by atoms with Crippen LogP contribution in [0.2, 0.25) is 0 Å². The number of hydrogen-bond acceptors (Lipinski definition) is 3. The molecule has 2 N–H and O–H groups in total. The van der Waals surface area contributed by atoms with Crippen LogP contribution in [0.5, 0.6) is 5.88 Å². The van der Waals surface area contributed by atoms with Gasteiger partial charge in [0.1, 0.15) is 0 Å². The summed E-state index contributed by atoms with van der Waals surface area (Å²) in [6, 6.07) is 3.43. The quantitative estimate of drug-likeness (QED) is 0.868. The van der Waals surface area contributed by atoms with Gasteiger partial charge < -0.3 is 10.5 Å². The summed E-state index contributed by atoms with van der Waals surface area (Å²) >= 11 is 0. The molecule has 0 saturated carbocycles. The van der Waals surface area contributed by atoms with Crippen LogP contribution in [0, 0.1) is 6.92 Å². The molecule has 0 aliphatic heterocycles. The van der Waals surface area contributed by atoms with E-state index in [4.69, 9.17) is 10.5 Å².